The first kappa shape index (κ1) is 21.7. The predicted octanol–water partition coefficient (Wildman–Crippen LogP) is 1.11. The highest BCUT2D eigenvalue weighted by atomic mass is 32.1. The fourth-order valence-corrected chi connectivity index (χ4v) is 5.14. The minimum Gasteiger partial charge on any atom is -0.462 e. The van der Waals surface area contributed by atoms with Crippen LogP contribution in [0.5, 0.6) is 0 Å². The number of nitrogens with zero attached hydrogens (tertiary/aromatic N) is 2. The van der Waals surface area contributed by atoms with Crippen molar-refractivity contribution in [1.82, 2.24) is 15.1 Å². The number of rotatable bonds is 8. The van der Waals surface area contributed by atoms with Crippen LogP contribution in [-0.2, 0) is 27.2 Å². The summed E-state index contributed by atoms with van der Waals surface area (Å²) in [6, 6.07) is 0. The van der Waals surface area contributed by atoms with Crippen molar-refractivity contribution >= 4 is 34.1 Å². The van der Waals surface area contributed by atoms with E-state index in [0.717, 1.165) is 51.0 Å². The summed E-state index contributed by atoms with van der Waals surface area (Å²) in [5.41, 5.74) is 1.59. The van der Waals surface area contributed by atoms with Gasteiger partial charge in [0.1, 0.15) is 5.00 Å². The maximum atomic E-state index is 12.6. The largest absolute Gasteiger partial charge is 0.462 e. The highest BCUT2D eigenvalue weighted by Gasteiger charge is 2.29. The number of ether oxygens (including phenoxy) is 1. The second kappa shape index (κ2) is 10.2. The number of carbonyl (C=O) groups is 3. The van der Waals surface area contributed by atoms with Crippen molar-refractivity contribution in [2.45, 2.75) is 33.1 Å². The average molecular weight is 423 g/mol. The normalized spacial score (nSPS) is 17.0. The summed E-state index contributed by atoms with van der Waals surface area (Å²) in [5, 5.41) is 6.37. The van der Waals surface area contributed by atoms with Crippen LogP contribution in [0.1, 0.15) is 41.1 Å². The zero-order chi connectivity index (χ0) is 20.8. The Kier molecular flexibility index (Phi) is 7.63. The van der Waals surface area contributed by atoms with Crippen LogP contribution in [0.15, 0.2) is 0 Å². The first-order valence-corrected chi connectivity index (χ1v) is 11.2. The van der Waals surface area contributed by atoms with Gasteiger partial charge in [0.25, 0.3) is 0 Å². The van der Waals surface area contributed by atoms with Crippen molar-refractivity contribution in [3.8, 4) is 0 Å². The molecule has 0 atom stereocenters. The number of amides is 2. The fraction of sp³-hybridized carbons (Fsp3) is 0.650. The monoisotopic (exact) mass is 422 g/mol. The predicted molar refractivity (Wildman–Crippen MR) is 112 cm³/mol. The fourth-order valence-electron chi connectivity index (χ4n) is 3.84. The van der Waals surface area contributed by atoms with E-state index in [-0.39, 0.29) is 24.3 Å². The number of nitrogens with one attached hydrogen (secondary N) is 2. The van der Waals surface area contributed by atoms with Crippen LogP contribution in [0.2, 0.25) is 0 Å². The van der Waals surface area contributed by atoms with Gasteiger partial charge < -0.3 is 15.4 Å². The molecule has 1 aromatic heterocycles. The number of aryl methyl sites for hydroxylation is 1. The Labute approximate surface area is 175 Å². The summed E-state index contributed by atoms with van der Waals surface area (Å²) in [6.07, 6.45) is 2.86. The van der Waals surface area contributed by atoms with Crippen LogP contribution in [0.3, 0.4) is 0 Å². The van der Waals surface area contributed by atoms with E-state index in [9.17, 15) is 14.4 Å². The van der Waals surface area contributed by atoms with Gasteiger partial charge in [0, 0.05) is 37.6 Å². The molecule has 2 N–H and O–H groups in total. The van der Waals surface area contributed by atoms with Gasteiger partial charge in [0.05, 0.1) is 25.3 Å². The third kappa shape index (κ3) is 5.55. The van der Waals surface area contributed by atoms with Crippen LogP contribution in [-0.4, -0.2) is 80.0 Å². The molecule has 0 saturated carbocycles. The zero-order valence-corrected chi connectivity index (χ0v) is 18.0. The van der Waals surface area contributed by atoms with Crippen molar-refractivity contribution in [1.29, 1.82) is 0 Å². The van der Waals surface area contributed by atoms with Crippen molar-refractivity contribution in [2.75, 3.05) is 57.7 Å². The maximum absolute atomic E-state index is 12.6. The van der Waals surface area contributed by atoms with E-state index in [2.05, 4.69) is 20.4 Å². The average Bonchev–Trinajstić information content (AvgIpc) is 3.24. The van der Waals surface area contributed by atoms with Gasteiger partial charge >= 0.3 is 5.97 Å². The number of hydrogen-bond acceptors (Lipinski definition) is 7. The molecule has 3 rings (SSSR count). The lowest BCUT2D eigenvalue weighted by Crippen LogP contribution is -2.51. The summed E-state index contributed by atoms with van der Waals surface area (Å²) >= 11 is 1.50. The number of thiophene rings is 1. The van der Waals surface area contributed by atoms with Crippen LogP contribution in [0.25, 0.3) is 0 Å². The Hall–Kier alpha value is -1.97. The van der Waals surface area contributed by atoms with Crippen molar-refractivity contribution in [2.24, 2.45) is 0 Å². The highest BCUT2D eigenvalue weighted by molar-refractivity contribution is 7.17. The van der Waals surface area contributed by atoms with Crippen molar-refractivity contribution in [3.63, 3.8) is 0 Å². The van der Waals surface area contributed by atoms with E-state index in [1.807, 2.05) is 6.92 Å². The molecule has 1 aliphatic heterocycles. The van der Waals surface area contributed by atoms with E-state index in [1.54, 1.807) is 6.92 Å². The molecule has 2 amide bonds. The quantitative estimate of drug-likeness (QED) is 0.610. The van der Waals surface area contributed by atoms with Gasteiger partial charge in [-0.15, -0.1) is 11.3 Å². The first-order chi connectivity index (χ1) is 14.0. The third-order valence-corrected chi connectivity index (χ3v) is 6.43. The SMILES string of the molecule is CCNC(=O)CN1CCN(CC(=O)Nc2sc3c(c2C(=O)OCC)CCC3)CC1. The molecule has 0 spiro atoms. The minimum atomic E-state index is -0.346. The van der Waals surface area contributed by atoms with Crippen molar-refractivity contribution < 1.29 is 19.1 Å². The summed E-state index contributed by atoms with van der Waals surface area (Å²) in [4.78, 5) is 42.1. The summed E-state index contributed by atoms with van der Waals surface area (Å²) in [5.74, 6) is -0.426. The Bertz CT molecular complexity index is 756. The molecule has 9 heteroatoms. The molecule has 160 valence electrons. The molecule has 2 aliphatic rings. The van der Waals surface area contributed by atoms with Crippen LogP contribution in [0.4, 0.5) is 5.00 Å². The summed E-state index contributed by atoms with van der Waals surface area (Å²) in [6.45, 7) is 8.31. The Balaban J connectivity index is 1.53. The molecule has 29 heavy (non-hydrogen) atoms. The molecule has 0 bridgehead atoms. The first-order valence-electron chi connectivity index (χ1n) is 10.3. The van der Waals surface area contributed by atoms with Crippen LogP contribution in [0, 0.1) is 0 Å². The molecule has 1 fully saturated rings. The molecule has 8 nitrogen and oxygen atoms in total. The van der Waals surface area contributed by atoms with Crippen LogP contribution >= 0.6 is 11.3 Å². The second-order valence-electron chi connectivity index (χ2n) is 7.34. The molecule has 1 aliphatic carbocycles. The lowest BCUT2D eigenvalue weighted by Gasteiger charge is -2.33. The van der Waals surface area contributed by atoms with E-state index in [4.69, 9.17) is 4.74 Å². The summed E-state index contributed by atoms with van der Waals surface area (Å²) < 4.78 is 5.21. The van der Waals surface area contributed by atoms with E-state index < -0.39 is 0 Å². The number of carbonyl (C=O) groups excluding carboxylic acids is 3. The molecule has 0 unspecified atom stereocenters. The van der Waals surface area contributed by atoms with Gasteiger partial charge in [-0.3, -0.25) is 19.4 Å². The lowest BCUT2D eigenvalue weighted by molar-refractivity contribution is -0.123. The second-order valence-corrected chi connectivity index (χ2v) is 8.44. The van der Waals surface area contributed by atoms with Gasteiger partial charge in [-0.2, -0.15) is 0 Å². The summed E-state index contributed by atoms with van der Waals surface area (Å²) in [7, 11) is 0. The Morgan fingerprint density at radius 3 is 2.28 bits per heavy atom. The smallest absolute Gasteiger partial charge is 0.341 e. The minimum absolute atomic E-state index is 0.0379. The maximum Gasteiger partial charge on any atom is 0.341 e. The van der Waals surface area contributed by atoms with E-state index >= 15 is 0 Å². The zero-order valence-electron chi connectivity index (χ0n) is 17.2. The third-order valence-electron chi connectivity index (χ3n) is 5.23. The van der Waals surface area contributed by atoms with Crippen LogP contribution < -0.4 is 10.6 Å². The molecule has 1 saturated heterocycles. The molecular weight excluding hydrogens is 392 g/mol. The molecule has 0 aromatic carbocycles. The molecule has 0 radical (unpaired) electrons. The number of hydrogen-bond donors (Lipinski definition) is 2. The lowest BCUT2D eigenvalue weighted by atomic mass is 10.1. The van der Waals surface area contributed by atoms with Gasteiger partial charge in [0.15, 0.2) is 0 Å². The van der Waals surface area contributed by atoms with Gasteiger partial charge in [0.2, 0.25) is 11.8 Å². The number of esters is 1. The molecule has 2 heterocycles. The molecule has 1 aromatic rings. The Morgan fingerprint density at radius 2 is 1.66 bits per heavy atom. The van der Waals surface area contributed by atoms with Gasteiger partial charge in [-0.1, -0.05) is 0 Å². The number of likely N-dealkylation sites (N-methyl/N-ethyl adjacent to an activating group) is 1. The number of fused-ring (bicyclic) bond motifs is 1. The van der Waals surface area contributed by atoms with Crippen molar-refractivity contribution in [3.05, 3.63) is 16.0 Å². The number of piperazine rings is 1. The topological polar surface area (TPSA) is 91.0 Å². The van der Waals surface area contributed by atoms with E-state index in [1.165, 1.54) is 16.2 Å². The standard InChI is InChI=1S/C20H30N4O4S/c1-3-21-16(25)12-23-8-10-24(11-9-23)13-17(26)22-19-18(20(27)28-4-2)14-6-5-7-15(14)29-19/h3-13H2,1-2H3,(H,21,25)(H,22,26). The van der Waals surface area contributed by atoms with Gasteiger partial charge in [-0.05, 0) is 38.7 Å². The molecular formula is C20H30N4O4S. The Morgan fingerprint density at radius 1 is 1.00 bits per heavy atom. The van der Waals surface area contributed by atoms with Gasteiger partial charge in [-0.25, -0.2) is 4.79 Å². The highest BCUT2D eigenvalue weighted by Crippen LogP contribution is 2.39. The number of anilines is 1. The van der Waals surface area contributed by atoms with E-state index in [0.29, 0.717) is 30.3 Å².